The van der Waals surface area contributed by atoms with Gasteiger partial charge in [-0.05, 0) is 46.7 Å². The summed E-state index contributed by atoms with van der Waals surface area (Å²) in [6, 6.07) is 49.6. The van der Waals surface area contributed by atoms with Gasteiger partial charge in [0.25, 0.3) is 0 Å². The van der Waals surface area contributed by atoms with Gasteiger partial charge in [0.1, 0.15) is 0 Å². The van der Waals surface area contributed by atoms with Crippen LogP contribution < -0.4 is 0 Å². The summed E-state index contributed by atoms with van der Waals surface area (Å²) in [4.78, 5) is 25.2. The van der Waals surface area contributed by atoms with Crippen molar-refractivity contribution in [2.24, 2.45) is 23.7 Å². The first-order valence-electron chi connectivity index (χ1n) is 19.2. The van der Waals surface area contributed by atoms with Crippen LogP contribution in [0.5, 0.6) is 0 Å². The number of allylic oxidation sites excluding steroid dienone is 10. The van der Waals surface area contributed by atoms with Gasteiger partial charge in [0.05, 0.1) is 11.4 Å². The first kappa shape index (κ1) is 33.5. The van der Waals surface area contributed by atoms with Crippen LogP contribution in [0.15, 0.2) is 200 Å². The Kier molecular flexibility index (Phi) is 8.73. The van der Waals surface area contributed by atoms with Gasteiger partial charge in [-0.1, -0.05) is 182 Å². The van der Waals surface area contributed by atoms with Crippen molar-refractivity contribution in [3.63, 3.8) is 0 Å². The molecule has 3 aliphatic rings. The predicted octanol–water partition coefficient (Wildman–Crippen LogP) is 11.8. The van der Waals surface area contributed by atoms with E-state index in [9.17, 15) is 0 Å². The third-order valence-corrected chi connectivity index (χ3v) is 10.9. The quantitative estimate of drug-likeness (QED) is 0.153. The van der Waals surface area contributed by atoms with E-state index in [0.29, 0.717) is 47.0 Å². The SMILES string of the molecule is C1=CC2C=CC3C=C(c4cc(-c5cccc(-c6cccc(-c7nc(-c8ccccc8)nc(-c8ccccc8)n7)c6)c5)nc(-c5ccccc5)n4)C=CC3C2C=C1. The van der Waals surface area contributed by atoms with Gasteiger partial charge in [0.2, 0.25) is 0 Å². The first-order valence-corrected chi connectivity index (χ1v) is 19.2. The lowest BCUT2D eigenvalue weighted by atomic mass is 9.67. The minimum atomic E-state index is 0.318. The molecule has 5 aromatic carbocycles. The maximum Gasteiger partial charge on any atom is 0.164 e. The molecular weight excluding hydrogens is 683 g/mol. The third-order valence-electron chi connectivity index (χ3n) is 10.9. The minimum Gasteiger partial charge on any atom is -0.228 e. The lowest BCUT2D eigenvalue weighted by Crippen LogP contribution is -2.29. The van der Waals surface area contributed by atoms with Crippen molar-refractivity contribution < 1.29 is 0 Å². The van der Waals surface area contributed by atoms with E-state index in [1.165, 1.54) is 0 Å². The molecule has 10 rings (SSSR count). The summed E-state index contributed by atoms with van der Waals surface area (Å²) in [7, 11) is 0. The molecule has 3 aliphatic carbocycles. The molecule has 0 radical (unpaired) electrons. The molecule has 5 nitrogen and oxygen atoms in total. The highest BCUT2D eigenvalue weighted by Crippen LogP contribution is 2.43. The second-order valence-corrected chi connectivity index (χ2v) is 14.5. The summed E-state index contributed by atoms with van der Waals surface area (Å²) in [6.07, 6.45) is 20.8. The molecule has 0 aliphatic heterocycles. The monoisotopic (exact) mass is 719 g/mol. The Hall–Kier alpha value is -7.11. The second kappa shape index (κ2) is 14.6. The Morgan fingerprint density at radius 2 is 0.786 bits per heavy atom. The van der Waals surface area contributed by atoms with Crippen LogP contribution in [-0.4, -0.2) is 24.9 Å². The zero-order chi connectivity index (χ0) is 37.3. The van der Waals surface area contributed by atoms with Crippen molar-refractivity contribution >= 4 is 5.57 Å². The van der Waals surface area contributed by atoms with Gasteiger partial charge in [0, 0.05) is 39.7 Å². The summed E-state index contributed by atoms with van der Waals surface area (Å²) in [5.41, 5.74) is 9.85. The van der Waals surface area contributed by atoms with Crippen LogP contribution >= 0.6 is 0 Å². The summed E-state index contributed by atoms with van der Waals surface area (Å²) < 4.78 is 0. The molecule has 0 saturated carbocycles. The maximum atomic E-state index is 5.16. The topological polar surface area (TPSA) is 64.5 Å². The summed E-state index contributed by atoms with van der Waals surface area (Å²) in [6.45, 7) is 0. The lowest BCUT2D eigenvalue weighted by molar-refractivity contribution is 0.348. The van der Waals surface area contributed by atoms with E-state index >= 15 is 0 Å². The smallest absolute Gasteiger partial charge is 0.164 e. The molecular formula is C51H37N5. The number of fused-ring (bicyclic) bond motifs is 3. The second-order valence-electron chi connectivity index (χ2n) is 14.5. The van der Waals surface area contributed by atoms with Crippen molar-refractivity contribution in [1.29, 1.82) is 0 Å². The van der Waals surface area contributed by atoms with E-state index in [1.807, 2.05) is 78.9 Å². The molecule has 266 valence electrons. The number of hydrogen-bond acceptors (Lipinski definition) is 5. The highest BCUT2D eigenvalue weighted by molar-refractivity contribution is 5.80. The van der Waals surface area contributed by atoms with Gasteiger partial charge in [-0.3, -0.25) is 0 Å². The summed E-state index contributed by atoms with van der Waals surface area (Å²) in [5, 5.41) is 0. The number of nitrogens with zero attached hydrogens (tertiary/aromatic N) is 5. The molecule has 7 aromatic rings. The highest BCUT2D eigenvalue weighted by Gasteiger charge is 2.34. The molecule has 0 spiro atoms. The Labute approximate surface area is 327 Å². The van der Waals surface area contributed by atoms with Crippen LogP contribution in [0, 0.1) is 23.7 Å². The van der Waals surface area contributed by atoms with Gasteiger partial charge in [-0.15, -0.1) is 0 Å². The molecule has 5 heteroatoms. The number of aromatic nitrogens is 5. The van der Waals surface area contributed by atoms with Crippen LogP contribution in [0.1, 0.15) is 5.69 Å². The average molecular weight is 720 g/mol. The van der Waals surface area contributed by atoms with Gasteiger partial charge in [-0.2, -0.15) is 0 Å². The largest absolute Gasteiger partial charge is 0.228 e. The van der Waals surface area contributed by atoms with E-state index in [0.717, 1.165) is 55.9 Å². The average Bonchev–Trinajstić information content (AvgIpc) is 3.29. The molecule has 56 heavy (non-hydrogen) atoms. The Morgan fingerprint density at radius 3 is 1.43 bits per heavy atom. The van der Waals surface area contributed by atoms with Crippen molar-refractivity contribution in [2.75, 3.05) is 0 Å². The Balaban J connectivity index is 1.03. The van der Waals surface area contributed by atoms with Gasteiger partial charge < -0.3 is 0 Å². The zero-order valence-corrected chi connectivity index (χ0v) is 30.6. The van der Waals surface area contributed by atoms with E-state index in [1.54, 1.807) is 0 Å². The van der Waals surface area contributed by atoms with Crippen LogP contribution in [0.25, 0.3) is 73.5 Å². The predicted molar refractivity (Wildman–Crippen MR) is 227 cm³/mol. The van der Waals surface area contributed by atoms with E-state index in [-0.39, 0.29) is 0 Å². The van der Waals surface area contributed by atoms with Gasteiger partial charge in [0.15, 0.2) is 23.3 Å². The Morgan fingerprint density at radius 1 is 0.321 bits per heavy atom. The highest BCUT2D eigenvalue weighted by atomic mass is 15.0. The molecule has 0 saturated heterocycles. The van der Waals surface area contributed by atoms with Gasteiger partial charge >= 0.3 is 0 Å². The van der Waals surface area contributed by atoms with Crippen molar-refractivity contribution in [2.45, 2.75) is 0 Å². The van der Waals surface area contributed by atoms with Crippen LogP contribution in [0.3, 0.4) is 0 Å². The van der Waals surface area contributed by atoms with E-state index in [2.05, 4.69) is 121 Å². The van der Waals surface area contributed by atoms with E-state index in [4.69, 9.17) is 24.9 Å². The molecule has 0 amide bonds. The molecule has 2 aromatic heterocycles. The molecule has 0 bridgehead atoms. The maximum absolute atomic E-state index is 5.16. The third kappa shape index (κ3) is 6.65. The summed E-state index contributed by atoms with van der Waals surface area (Å²) in [5.74, 6) is 4.30. The molecule has 4 atom stereocenters. The van der Waals surface area contributed by atoms with Gasteiger partial charge in [-0.25, -0.2) is 24.9 Å². The van der Waals surface area contributed by atoms with E-state index < -0.39 is 0 Å². The first-order chi connectivity index (χ1) is 27.7. The standard InChI is InChI=1S/C51H37N5/c1-4-15-35(16-5-1)48-52-46(33-47(53-48)42-28-29-45-40(32-42)27-26-34-14-10-11-25-44(34)45)41-23-12-21-38(30-41)39-22-13-24-43(31-39)51-55-49(36-17-6-2-7-18-36)54-50(56-51)37-19-8-3-9-20-37/h1-34,40,44-45H. The van der Waals surface area contributed by atoms with Crippen molar-refractivity contribution in [3.8, 4) is 67.9 Å². The van der Waals surface area contributed by atoms with Crippen molar-refractivity contribution in [1.82, 2.24) is 24.9 Å². The number of rotatable bonds is 7. The zero-order valence-electron chi connectivity index (χ0n) is 30.6. The number of benzene rings is 5. The molecule has 0 fully saturated rings. The fourth-order valence-electron chi connectivity index (χ4n) is 8.02. The van der Waals surface area contributed by atoms with Crippen molar-refractivity contribution in [3.05, 3.63) is 206 Å². The minimum absolute atomic E-state index is 0.318. The normalized spacial score (nSPS) is 19.2. The lowest BCUT2D eigenvalue weighted by Gasteiger charge is -2.37. The number of hydrogen-bond donors (Lipinski definition) is 0. The van der Waals surface area contributed by atoms with Crippen LogP contribution in [-0.2, 0) is 0 Å². The molecule has 2 heterocycles. The fourth-order valence-corrected chi connectivity index (χ4v) is 8.02. The summed E-state index contributed by atoms with van der Waals surface area (Å²) >= 11 is 0. The molecule has 4 unspecified atom stereocenters. The molecule has 0 N–H and O–H groups in total. The van der Waals surface area contributed by atoms with Crippen LogP contribution in [0.2, 0.25) is 0 Å². The Bertz CT molecular complexity index is 2650. The van der Waals surface area contributed by atoms with Crippen LogP contribution in [0.4, 0.5) is 0 Å². The fraction of sp³-hybridized carbons (Fsp3) is 0.0784.